The van der Waals surface area contributed by atoms with Crippen LogP contribution in [0.4, 0.5) is 0 Å². The summed E-state index contributed by atoms with van der Waals surface area (Å²) in [6, 6.07) is 0. The lowest BCUT2D eigenvalue weighted by molar-refractivity contribution is -0.150. The van der Waals surface area contributed by atoms with Crippen molar-refractivity contribution in [2.24, 2.45) is 0 Å². The number of hydrogen-bond donors (Lipinski definition) is 3. The molecule has 0 bridgehead atoms. The number of aryl methyl sites for hydroxylation is 1. The summed E-state index contributed by atoms with van der Waals surface area (Å²) in [6.45, 7) is 3.53. The Balaban J connectivity index is 1.53. The molecule has 37 heavy (non-hydrogen) atoms. The molecule has 1 aromatic heterocycles. The number of unbranched alkanes of at least 4 members (excludes halogenated alkanes) is 11. The summed E-state index contributed by atoms with van der Waals surface area (Å²) < 4.78 is 11.8. The first-order chi connectivity index (χ1) is 17.8. The summed E-state index contributed by atoms with van der Waals surface area (Å²) in [5, 5.41) is 20.6. The maximum atomic E-state index is 12.1. The molecule has 0 amide bonds. The van der Waals surface area contributed by atoms with Crippen molar-refractivity contribution >= 4 is 5.97 Å². The van der Waals surface area contributed by atoms with E-state index < -0.39 is 35.8 Å². The summed E-state index contributed by atoms with van der Waals surface area (Å²) in [5.41, 5.74) is -1.02. The molecule has 0 saturated carbocycles. The van der Waals surface area contributed by atoms with E-state index in [4.69, 9.17) is 9.47 Å². The van der Waals surface area contributed by atoms with Gasteiger partial charge in [-0.15, -0.1) is 0 Å². The fourth-order valence-electron chi connectivity index (χ4n) is 4.46. The van der Waals surface area contributed by atoms with Gasteiger partial charge in [-0.2, -0.15) is 0 Å². The molecule has 3 N–H and O–H groups in total. The fraction of sp³-hybridized carbons (Fsp3) is 0.750. The van der Waals surface area contributed by atoms with Gasteiger partial charge < -0.3 is 19.7 Å². The highest BCUT2D eigenvalue weighted by atomic mass is 16.6. The zero-order valence-corrected chi connectivity index (χ0v) is 22.5. The Bertz CT molecular complexity index is 939. The number of aromatic nitrogens is 2. The maximum Gasteiger partial charge on any atom is 0.330 e. The normalized spacial score (nSPS) is 21.6. The van der Waals surface area contributed by atoms with E-state index in [0.29, 0.717) is 0 Å². The molecule has 0 spiro atoms. The standard InChI is InChI=1S/C28H46N2O7/c1-3-4-5-6-7-8-9-10-11-12-13-14-15-16-17-18-23(31)36-20-22-24(32)25(33)27(37-22)30-19-21(2)26(34)29-28(30)35/h10-11,19,22,24-25,27,32-33H,3-9,12-18,20H2,1-2H3,(H,29,34,35)/t22-,24-,25+,27-/m1/s1. The van der Waals surface area contributed by atoms with Gasteiger partial charge in [0, 0.05) is 18.2 Å². The average Bonchev–Trinajstić information content (AvgIpc) is 3.15. The van der Waals surface area contributed by atoms with Gasteiger partial charge in [0.25, 0.3) is 5.56 Å². The van der Waals surface area contributed by atoms with Crippen LogP contribution in [0.1, 0.15) is 109 Å². The largest absolute Gasteiger partial charge is 0.463 e. The minimum atomic E-state index is -1.41. The minimum Gasteiger partial charge on any atom is -0.463 e. The monoisotopic (exact) mass is 522 g/mol. The van der Waals surface area contributed by atoms with Crippen LogP contribution < -0.4 is 11.2 Å². The number of ether oxygens (including phenoxy) is 2. The van der Waals surface area contributed by atoms with E-state index in [-0.39, 0.29) is 24.6 Å². The molecule has 4 atom stereocenters. The Morgan fingerprint density at radius 2 is 1.57 bits per heavy atom. The number of aliphatic hydroxyl groups excluding tert-OH is 2. The van der Waals surface area contributed by atoms with Crippen molar-refractivity contribution in [2.75, 3.05) is 6.61 Å². The van der Waals surface area contributed by atoms with Gasteiger partial charge in [0.15, 0.2) is 6.23 Å². The zero-order chi connectivity index (χ0) is 27.0. The molecule has 1 aromatic rings. The van der Waals surface area contributed by atoms with Crippen molar-refractivity contribution in [1.29, 1.82) is 0 Å². The predicted octanol–water partition coefficient (Wildman–Crippen LogP) is 4.04. The average molecular weight is 523 g/mol. The maximum absolute atomic E-state index is 12.1. The number of H-pyrrole nitrogens is 1. The third-order valence-corrected chi connectivity index (χ3v) is 6.81. The van der Waals surface area contributed by atoms with Crippen molar-refractivity contribution < 1.29 is 24.5 Å². The molecule has 1 fully saturated rings. The number of aliphatic hydroxyl groups is 2. The molecule has 0 aromatic carbocycles. The van der Waals surface area contributed by atoms with Crippen LogP contribution in [-0.2, 0) is 14.3 Å². The first kappa shape index (κ1) is 31.0. The SMILES string of the molecule is CCCCCCCCC=CCCCCCCCC(=O)OC[C@H]1O[C@@H](n2cc(C)c(=O)[nH]c2=O)[C@@H](O)[C@@H]1O. The first-order valence-corrected chi connectivity index (χ1v) is 14.0. The third-order valence-electron chi connectivity index (χ3n) is 6.81. The zero-order valence-electron chi connectivity index (χ0n) is 22.5. The van der Waals surface area contributed by atoms with E-state index in [2.05, 4.69) is 24.1 Å². The molecule has 0 aliphatic carbocycles. The number of nitrogens with one attached hydrogen (secondary N) is 1. The van der Waals surface area contributed by atoms with Crippen LogP contribution in [-0.4, -0.2) is 50.7 Å². The number of carbonyl (C=O) groups excluding carboxylic acids is 1. The smallest absolute Gasteiger partial charge is 0.330 e. The quantitative estimate of drug-likeness (QED) is 0.151. The lowest BCUT2D eigenvalue weighted by Gasteiger charge is -2.17. The molecule has 210 valence electrons. The van der Waals surface area contributed by atoms with Gasteiger partial charge in [-0.25, -0.2) is 4.79 Å². The molecule has 9 heteroatoms. The number of aromatic amines is 1. The number of rotatable bonds is 18. The summed E-state index contributed by atoms with van der Waals surface area (Å²) in [4.78, 5) is 37.9. The number of hydrogen-bond acceptors (Lipinski definition) is 7. The number of carbonyl (C=O) groups is 1. The van der Waals surface area contributed by atoms with Gasteiger partial charge in [0.1, 0.15) is 24.9 Å². The van der Waals surface area contributed by atoms with Crippen molar-refractivity contribution in [3.8, 4) is 0 Å². The Kier molecular flexibility index (Phi) is 14.5. The van der Waals surface area contributed by atoms with Gasteiger partial charge in [-0.3, -0.25) is 19.1 Å². The summed E-state index contributed by atoms with van der Waals surface area (Å²) in [5.74, 6) is -0.386. The van der Waals surface area contributed by atoms with Crippen LogP contribution in [0.2, 0.25) is 0 Å². The first-order valence-electron chi connectivity index (χ1n) is 14.0. The fourth-order valence-corrected chi connectivity index (χ4v) is 4.46. The van der Waals surface area contributed by atoms with E-state index in [9.17, 15) is 24.6 Å². The highest BCUT2D eigenvalue weighted by Gasteiger charge is 2.44. The van der Waals surface area contributed by atoms with Crippen LogP contribution in [0.3, 0.4) is 0 Å². The molecule has 0 radical (unpaired) electrons. The second-order valence-corrected chi connectivity index (χ2v) is 10.0. The van der Waals surface area contributed by atoms with Crippen LogP contribution in [0.25, 0.3) is 0 Å². The van der Waals surface area contributed by atoms with Crippen LogP contribution >= 0.6 is 0 Å². The molecular formula is C28H46N2O7. The Hall–Kier alpha value is -2.23. The third kappa shape index (κ3) is 11.0. The number of esters is 1. The van der Waals surface area contributed by atoms with E-state index in [1.54, 1.807) is 0 Å². The Morgan fingerprint density at radius 3 is 2.22 bits per heavy atom. The van der Waals surface area contributed by atoms with Crippen molar-refractivity contribution in [2.45, 2.75) is 128 Å². The predicted molar refractivity (Wildman–Crippen MR) is 142 cm³/mol. The van der Waals surface area contributed by atoms with Crippen LogP contribution in [0.5, 0.6) is 0 Å². The molecule has 2 rings (SSSR count). The highest BCUT2D eigenvalue weighted by molar-refractivity contribution is 5.69. The van der Waals surface area contributed by atoms with E-state index in [1.165, 1.54) is 58.1 Å². The molecule has 0 unspecified atom stereocenters. The van der Waals surface area contributed by atoms with E-state index in [0.717, 1.165) is 43.1 Å². The van der Waals surface area contributed by atoms with Crippen molar-refractivity contribution in [3.63, 3.8) is 0 Å². The van der Waals surface area contributed by atoms with Gasteiger partial charge in [0.2, 0.25) is 0 Å². The minimum absolute atomic E-state index is 0.226. The van der Waals surface area contributed by atoms with Gasteiger partial charge in [-0.1, -0.05) is 70.4 Å². The van der Waals surface area contributed by atoms with Crippen LogP contribution in [0, 0.1) is 6.92 Å². The molecule has 1 aliphatic heterocycles. The van der Waals surface area contributed by atoms with Crippen molar-refractivity contribution in [3.05, 3.63) is 44.8 Å². The lowest BCUT2D eigenvalue weighted by Crippen LogP contribution is -2.38. The van der Waals surface area contributed by atoms with Crippen LogP contribution in [0.15, 0.2) is 27.9 Å². The lowest BCUT2D eigenvalue weighted by atomic mass is 10.1. The summed E-state index contributed by atoms with van der Waals surface area (Å²) >= 11 is 0. The molecule has 2 heterocycles. The summed E-state index contributed by atoms with van der Waals surface area (Å²) in [6.07, 6.45) is 16.6. The molecule has 9 nitrogen and oxygen atoms in total. The summed E-state index contributed by atoms with van der Waals surface area (Å²) in [7, 11) is 0. The molecule has 1 saturated heterocycles. The Morgan fingerprint density at radius 1 is 0.973 bits per heavy atom. The van der Waals surface area contributed by atoms with Gasteiger partial charge in [-0.05, 0) is 39.0 Å². The molecule has 1 aliphatic rings. The van der Waals surface area contributed by atoms with Crippen molar-refractivity contribution in [1.82, 2.24) is 9.55 Å². The van der Waals surface area contributed by atoms with E-state index in [1.807, 2.05) is 0 Å². The second kappa shape index (κ2) is 17.3. The topological polar surface area (TPSA) is 131 Å². The van der Waals surface area contributed by atoms with Gasteiger partial charge in [0.05, 0.1) is 0 Å². The van der Waals surface area contributed by atoms with Gasteiger partial charge >= 0.3 is 11.7 Å². The number of allylic oxidation sites excluding steroid dienone is 2. The number of nitrogens with zero attached hydrogens (tertiary/aromatic N) is 1. The molecular weight excluding hydrogens is 476 g/mol. The second-order valence-electron chi connectivity index (χ2n) is 10.0. The highest BCUT2D eigenvalue weighted by Crippen LogP contribution is 2.28. The Labute approximate surface area is 219 Å². The van der Waals surface area contributed by atoms with E-state index >= 15 is 0 Å².